The molecule has 1 saturated carbocycles. The Kier molecular flexibility index (Phi) is 2.10. The van der Waals surface area contributed by atoms with Crippen molar-refractivity contribution >= 4 is 0 Å². The number of rotatable bonds is 1. The molecule has 1 aliphatic carbocycles. The van der Waals surface area contributed by atoms with Crippen LogP contribution in [0.2, 0.25) is 0 Å². The van der Waals surface area contributed by atoms with E-state index >= 15 is 0 Å². The Morgan fingerprint density at radius 1 is 1.00 bits per heavy atom. The van der Waals surface area contributed by atoms with Crippen molar-refractivity contribution in [1.29, 1.82) is 0 Å². The van der Waals surface area contributed by atoms with Gasteiger partial charge < -0.3 is 9.84 Å². The Morgan fingerprint density at radius 2 is 1.79 bits per heavy atom. The maximum Gasteiger partial charge on any atom is 0.0937 e. The van der Waals surface area contributed by atoms with Gasteiger partial charge in [0.05, 0.1) is 17.8 Å². The minimum Gasteiger partial charge on any atom is -0.387 e. The zero-order valence-corrected chi connectivity index (χ0v) is 8.74. The van der Waals surface area contributed by atoms with Gasteiger partial charge in [-0.25, -0.2) is 0 Å². The maximum absolute atomic E-state index is 10.7. The van der Waals surface area contributed by atoms with Gasteiger partial charge in [0.1, 0.15) is 0 Å². The molecule has 2 bridgehead atoms. The van der Waals surface area contributed by atoms with E-state index in [-0.39, 0.29) is 6.10 Å². The largest absolute Gasteiger partial charge is 0.387 e. The van der Waals surface area contributed by atoms with E-state index in [0.717, 1.165) is 19.3 Å². The van der Waals surface area contributed by atoms with Gasteiger partial charge in [0.15, 0.2) is 0 Å². The van der Waals surface area contributed by atoms with Gasteiger partial charge in [-0.1, -0.05) is 12.8 Å². The summed E-state index contributed by atoms with van der Waals surface area (Å²) in [6, 6.07) is 0. The Bertz CT molecular complexity index is 218. The summed E-state index contributed by atoms with van der Waals surface area (Å²) in [6.45, 7) is 0. The third kappa shape index (κ3) is 1.24. The number of hydrogen-bond donors (Lipinski definition) is 1. The highest BCUT2D eigenvalue weighted by Gasteiger charge is 2.51. The highest BCUT2D eigenvalue weighted by atomic mass is 16.5. The second-order valence-corrected chi connectivity index (χ2v) is 5.34. The van der Waals surface area contributed by atoms with Crippen LogP contribution in [0, 0.1) is 5.92 Å². The molecular formula is C12H20O2. The second kappa shape index (κ2) is 3.21. The van der Waals surface area contributed by atoms with Crippen LogP contribution in [0.5, 0.6) is 0 Å². The molecule has 0 radical (unpaired) electrons. The molecule has 0 aromatic heterocycles. The molecule has 0 aromatic carbocycles. The van der Waals surface area contributed by atoms with Crippen molar-refractivity contribution in [3.05, 3.63) is 0 Å². The van der Waals surface area contributed by atoms with Crippen LogP contribution in [0.4, 0.5) is 0 Å². The maximum atomic E-state index is 10.7. The fraction of sp³-hybridized carbons (Fsp3) is 1.00. The molecular weight excluding hydrogens is 176 g/mol. The summed E-state index contributed by atoms with van der Waals surface area (Å²) in [5, 5.41) is 10.7. The zero-order chi connectivity index (χ0) is 9.60. The Hall–Kier alpha value is -0.0800. The Morgan fingerprint density at radius 3 is 2.57 bits per heavy atom. The van der Waals surface area contributed by atoms with Crippen LogP contribution in [-0.2, 0) is 4.74 Å². The average molecular weight is 196 g/mol. The van der Waals surface area contributed by atoms with Crippen molar-refractivity contribution < 1.29 is 9.84 Å². The van der Waals surface area contributed by atoms with Crippen LogP contribution < -0.4 is 0 Å². The standard InChI is InChI=1S/C12H20O2/c13-12(9-3-1-2-4-9)8-7-10-5-6-11(12)14-10/h9-11,13H,1-8H2. The van der Waals surface area contributed by atoms with Crippen LogP contribution >= 0.6 is 0 Å². The first kappa shape index (κ1) is 9.17. The molecule has 2 aliphatic heterocycles. The van der Waals surface area contributed by atoms with Crippen LogP contribution in [0.1, 0.15) is 51.4 Å². The van der Waals surface area contributed by atoms with Crippen molar-refractivity contribution in [2.75, 3.05) is 0 Å². The van der Waals surface area contributed by atoms with Crippen molar-refractivity contribution in [2.24, 2.45) is 5.92 Å². The molecule has 14 heavy (non-hydrogen) atoms. The van der Waals surface area contributed by atoms with E-state index in [1.807, 2.05) is 0 Å². The first-order valence-corrected chi connectivity index (χ1v) is 6.17. The van der Waals surface area contributed by atoms with E-state index < -0.39 is 5.60 Å². The van der Waals surface area contributed by atoms with E-state index in [2.05, 4.69) is 0 Å². The molecule has 2 nitrogen and oxygen atoms in total. The van der Waals surface area contributed by atoms with Gasteiger partial charge in [0.2, 0.25) is 0 Å². The van der Waals surface area contributed by atoms with Gasteiger partial charge in [-0.2, -0.15) is 0 Å². The molecule has 3 fully saturated rings. The lowest BCUT2D eigenvalue weighted by molar-refractivity contribution is -0.169. The lowest BCUT2D eigenvalue weighted by Crippen LogP contribution is -2.50. The van der Waals surface area contributed by atoms with E-state index in [9.17, 15) is 5.11 Å². The van der Waals surface area contributed by atoms with Crippen LogP contribution in [0.3, 0.4) is 0 Å². The molecule has 3 rings (SSSR count). The van der Waals surface area contributed by atoms with Crippen molar-refractivity contribution in [3.8, 4) is 0 Å². The van der Waals surface area contributed by atoms with Crippen LogP contribution in [0.25, 0.3) is 0 Å². The van der Waals surface area contributed by atoms with Crippen molar-refractivity contribution in [2.45, 2.75) is 69.2 Å². The molecule has 0 amide bonds. The molecule has 80 valence electrons. The molecule has 1 N–H and O–H groups in total. The summed E-state index contributed by atoms with van der Waals surface area (Å²) < 4.78 is 5.88. The lowest BCUT2D eigenvalue weighted by Gasteiger charge is -2.42. The number of ether oxygens (including phenoxy) is 1. The quantitative estimate of drug-likeness (QED) is 0.697. The average Bonchev–Trinajstić information content (AvgIpc) is 2.84. The summed E-state index contributed by atoms with van der Waals surface area (Å²) in [5.74, 6) is 0.534. The van der Waals surface area contributed by atoms with Crippen LogP contribution in [0.15, 0.2) is 0 Å². The van der Waals surface area contributed by atoms with E-state index in [1.165, 1.54) is 32.1 Å². The first-order chi connectivity index (χ1) is 6.79. The molecule has 2 saturated heterocycles. The van der Waals surface area contributed by atoms with Crippen LogP contribution in [-0.4, -0.2) is 22.9 Å². The predicted molar refractivity (Wildman–Crippen MR) is 54.0 cm³/mol. The molecule has 3 unspecified atom stereocenters. The fourth-order valence-electron chi connectivity index (χ4n) is 3.73. The zero-order valence-electron chi connectivity index (χ0n) is 8.74. The highest BCUT2D eigenvalue weighted by molar-refractivity contribution is 5.02. The molecule has 3 atom stereocenters. The van der Waals surface area contributed by atoms with Gasteiger partial charge in [0.25, 0.3) is 0 Å². The smallest absolute Gasteiger partial charge is 0.0937 e. The highest BCUT2D eigenvalue weighted by Crippen LogP contribution is 2.47. The Labute approximate surface area is 85.6 Å². The van der Waals surface area contributed by atoms with Crippen molar-refractivity contribution in [1.82, 2.24) is 0 Å². The Balaban J connectivity index is 1.80. The lowest BCUT2D eigenvalue weighted by atomic mass is 9.77. The number of fused-ring (bicyclic) bond motifs is 2. The van der Waals surface area contributed by atoms with Gasteiger partial charge >= 0.3 is 0 Å². The summed E-state index contributed by atoms with van der Waals surface area (Å²) >= 11 is 0. The van der Waals surface area contributed by atoms with Gasteiger partial charge in [0, 0.05) is 0 Å². The van der Waals surface area contributed by atoms with Crippen molar-refractivity contribution in [3.63, 3.8) is 0 Å². The second-order valence-electron chi connectivity index (χ2n) is 5.34. The van der Waals surface area contributed by atoms with Gasteiger partial charge in [-0.15, -0.1) is 0 Å². The van der Waals surface area contributed by atoms with Gasteiger partial charge in [-0.05, 0) is 44.4 Å². The molecule has 2 heteroatoms. The summed E-state index contributed by atoms with van der Waals surface area (Å²) in [5.41, 5.74) is -0.455. The van der Waals surface area contributed by atoms with E-state index in [0.29, 0.717) is 12.0 Å². The third-order valence-electron chi connectivity index (χ3n) is 4.59. The number of hydrogen-bond acceptors (Lipinski definition) is 2. The molecule has 0 aromatic rings. The number of aliphatic hydroxyl groups is 1. The fourth-order valence-corrected chi connectivity index (χ4v) is 3.73. The first-order valence-electron chi connectivity index (χ1n) is 6.17. The van der Waals surface area contributed by atoms with Gasteiger partial charge in [-0.3, -0.25) is 0 Å². The normalized spacial score (nSPS) is 48.6. The summed E-state index contributed by atoms with van der Waals surface area (Å²) in [7, 11) is 0. The molecule has 0 spiro atoms. The third-order valence-corrected chi connectivity index (χ3v) is 4.59. The predicted octanol–water partition coefficient (Wildman–Crippen LogP) is 2.25. The van der Waals surface area contributed by atoms with E-state index in [1.54, 1.807) is 0 Å². The molecule has 3 aliphatic rings. The SMILES string of the molecule is OC1(C2CCCC2)CCC2CCC1O2. The minimum atomic E-state index is -0.455. The summed E-state index contributed by atoms with van der Waals surface area (Å²) in [4.78, 5) is 0. The minimum absolute atomic E-state index is 0.171. The molecule has 2 heterocycles. The summed E-state index contributed by atoms with van der Waals surface area (Å²) in [6.07, 6.45) is 10.1. The van der Waals surface area contributed by atoms with E-state index in [4.69, 9.17) is 4.74 Å². The monoisotopic (exact) mass is 196 g/mol. The topological polar surface area (TPSA) is 29.5 Å².